The van der Waals surface area contributed by atoms with E-state index in [-0.39, 0.29) is 13.2 Å². The summed E-state index contributed by atoms with van der Waals surface area (Å²) >= 11 is 23.8. The van der Waals surface area contributed by atoms with Gasteiger partial charge in [0.25, 0.3) is 0 Å². The largest absolute Gasteiger partial charge is 0.481 e. The fourth-order valence-electron chi connectivity index (χ4n) is 2.45. The number of hydrogen-bond donors (Lipinski definition) is 2. The van der Waals surface area contributed by atoms with E-state index < -0.39 is 11.8 Å². The first-order valence-corrected chi connectivity index (χ1v) is 10.6. The highest BCUT2D eigenvalue weighted by Crippen LogP contribution is 2.28. The Morgan fingerprint density at radius 1 is 0.719 bits per heavy atom. The predicted molar refractivity (Wildman–Crippen MR) is 124 cm³/mol. The number of halogens is 4. The van der Waals surface area contributed by atoms with Gasteiger partial charge in [-0.25, -0.2) is 15.6 Å². The number of pyridine rings is 1. The van der Waals surface area contributed by atoms with Crippen LogP contribution in [0, 0.1) is 0 Å². The number of aromatic amines is 1. The molecule has 1 aromatic heterocycles. The minimum atomic E-state index is -0.445. The van der Waals surface area contributed by atoms with Crippen LogP contribution in [0.3, 0.4) is 0 Å². The smallest absolute Gasteiger partial charge is 0.317 e. The third kappa shape index (κ3) is 7.17. The van der Waals surface area contributed by atoms with Crippen LogP contribution in [0.4, 0.5) is 11.6 Å². The molecule has 3 aromatic rings. The first kappa shape index (κ1) is 23.9. The number of anilines is 2. The van der Waals surface area contributed by atoms with E-state index >= 15 is 0 Å². The molecule has 0 saturated carbocycles. The molecule has 2 amide bonds. The van der Waals surface area contributed by atoms with Crippen LogP contribution in [0.1, 0.15) is 0 Å². The van der Waals surface area contributed by atoms with Crippen molar-refractivity contribution in [2.24, 2.45) is 0 Å². The number of hydrogen-bond acceptors (Lipinski definition) is 4. The van der Waals surface area contributed by atoms with Crippen LogP contribution < -0.4 is 25.1 Å². The van der Waals surface area contributed by atoms with E-state index in [4.69, 9.17) is 55.9 Å². The standard InChI is InChI=1S/C21H15Cl4N3O4/c22-12-4-6-14(24)16(8-12)31-10-20(29)27-18-2-1-3-19(26-18)28-21(30)11-32-17-9-13(23)5-7-15(17)25/h1-9H,10-11H2,(H2,26,27,28,29,30)/p+1. The van der Waals surface area contributed by atoms with Crippen LogP contribution in [0.15, 0.2) is 54.6 Å². The predicted octanol–water partition coefficient (Wildman–Crippen LogP) is 5.15. The number of nitrogens with one attached hydrogen (secondary N) is 3. The summed E-state index contributed by atoms with van der Waals surface area (Å²) in [7, 11) is 0. The molecule has 0 aliphatic carbocycles. The number of aromatic nitrogens is 1. The molecule has 0 atom stereocenters. The van der Waals surface area contributed by atoms with Crippen molar-refractivity contribution < 1.29 is 24.0 Å². The maximum Gasteiger partial charge on any atom is 0.317 e. The Morgan fingerprint density at radius 3 is 1.59 bits per heavy atom. The SMILES string of the molecule is O=C(COc1cc(Cl)ccc1Cl)Nc1cccc(NC(=O)COc2cc(Cl)ccc2Cl)[nH+]1. The van der Waals surface area contributed by atoms with Crippen molar-refractivity contribution in [2.75, 3.05) is 23.8 Å². The first-order valence-electron chi connectivity index (χ1n) is 9.08. The molecule has 0 fully saturated rings. The zero-order valence-corrected chi connectivity index (χ0v) is 19.3. The van der Waals surface area contributed by atoms with Gasteiger partial charge in [-0.3, -0.25) is 9.59 Å². The second kappa shape index (κ2) is 11.2. The van der Waals surface area contributed by atoms with Crippen LogP contribution >= 0.6 is 46.4 Å². The molecular formula is C21H16Cl4N3O4+. The Labute approximate surface area is 203 Å². The summed E-state index contributed by atoms with van der Waals surface area (Å²) in [6, 6.07) is 14.3. The average Bonchev–Trinajstić information content (AvgIpc) is 2.75. The summed E-state index contributed by atoms with van der Waals surface area (Å²) in [5.74, 6) is 0.373. The molecule has 0 aliphatic heterocycles. The molecule has 1 heterocycles. The van der Waals surface area contributed by atoms with E-state index in [1.807, 2.05) is 0 Å². The highest BCUT2D eigenvalue weighted by molar-refractivity contribution is 6.34. The van der Waals surface area contributed by atoms with Crippen LogP contribution in [-0.2, 0) is 9.59 Å². The van der Waals surface area contributed by atoms with Gasteiger partial charge in [0.2, 0.25) is 11.6 Å². The minimum Gasteiger partial charge on any atom is -0.481 e. The summed E-state index contributed by atoms with van der Waals surface area (Å²) < 4.78 is 10.8. The van der Waals surface area contributed by atoms with Gasteiger partial charge >= 0.3 is 11.8 Å². The molecule has 32 heavy (non-hydrogen) atoms. The van der Waals surface area contributed by atoms with E-state index in [2.05, 4.69) is 15.6 Å². The van der Waals surface area contributed by atoms with Gasteiger partial charge in [-0.15, -0.1) is 0 Å². The van der Waals surface area contributed by atoms with E-state index in [9.17, 15) is 9.59 Å². The zero-order chi connectivity index (χ0) is 23.1. The number of amides is 2. The van der Waals surface area contributed by atoms with Gasteiger partial charge in [0, 0.05) is 34.3 Å². The Hall–Kier alpha value is -2.71. The van der Waals surface area contributed by atoms with Crippen molar-refractivity contribution in [1.29, 1.82) is 0 Å². The van der Waals surface area contributed by atoms with Gasteiger partial charge in [-0.1, -0.05) is 46.4 Å². The van der Waals surface area contributed by atoms with E-state index in [0.717, 1.165) is 0 Å². The Morgan fingerprint density at radius 2 is 1.16 bits per heavy atom. The minimum absolute atomic E-state index is 0.291. The monoisotopic (exact) mass is 514 g/mol. The quantitative estimate of drug-likeness (QED) is 0.434. The van der Waals surface area contributed by atoms with Crippen molar-refractivity contribution in [2.45, 2.75) is 0 Å². The molecule has 2 aromatic carbocycles. The van der Waals surface area contributed by atoms with Crippen LogP contribution in [0.5, 0.6) is 11.5 Å². The zero-order valence-electron chi connectivity index (χ0n) is 16.3. The highest BCUT2D eigenvalue weighted by Gasteiger charge is 2.14. The molecule has 0 radical (unpaired) electrons. The fraction of sp³-hybridized carbons (Fsp3) is 0.0952. The van der Waals surface area contributed by atoms with Crippen LogP contribution in [0.25, 0.3) is 0 Å². The number of H-pyrrole nitrogens is 1. The lowest BCUT2D eigenvalue weighted by molar-refractivity contribution is -0.343. The molecule has 3 rings (SSSR count). The summed E-state index contributed by atoms with van der Waals surface area (Å²) in [4.78, 5) is 27.2. The second-order valence-corrected chi connectivity index (χ2v) is 7.99. The van der Waals surface area contributed by atoms with Crippen molar-refractivity contribution in [3.63, 3.8) is 0 Å². The van der Waals surface area contributed by atoms with Crippen molar-refractivity contribution in [1.82, 2.24) is 0 Å². The number of carbonyl (C=O) groups is 2. The number of benzene rings is 2. The molecule has 3 N–H and O–H groups in total. The number of carbonyl (C=O) groups excluding carboxylic acids is 2. The molecule has 11 heteroatoms. The molecule has 166 valence electrons. The van der Waals surface area contributed by atoms with Crippen molar-refractivity contribution >= 4 is 69.9 Å². The summed E-state index contributed by atoms with van der Waals surface area (Å²) in [5, 5.41) is 6.78. The summed E-state index contributed by atoms with van der Waals surface area (Å²) in [5.41, 5.74) is 0. The van der Waals surface area contributed by atoms with Gasteiger partial charge in [-0.05, 0) is 30.3 Å². The topological polar surface area (TPSA) is 90.8 Å². The maximum absolute atomic E-state index is 12.2. The third-order valence-corrected chi connectivity index (χ3v) is 4.94. The molecule has 7 nitrogen and oxygen atoms in total. The van der Waals surface area contributed by atoms with E-state index in [1.54, 1.807) is 42.5 Å². The normalized spacial score (nSPS) is 10.4. The average molecular weight is 516 g/mol. The fourth-order valence-corrected chi connectivity index (χ4v) is 3.12. The lowest BCUT2D eigenvalue weighted by Crippen LogP contribution is -2.28. The van der Waals surface area contributed by atoms with E-state index in [1.165, 1.54) is 12.1 Å². The Bertz CT molecular complexity index is 1060. The molecule has 0 unspecified atom stereocenters. The molecule has 0 bridgehead atoms. The lowest BCUT2D eigenvalue weighted by Gasteiger charge is -2.08. The van der Waals surface area contributed by atoms with Gasteiger partial charge in [0.05, 0.1) is 10.0 Å². The van der Waals surface area contributed by atoms with Gasteiger partial charge in [-0.2, -0.15) is 0 Å². The Balaban J connectivity index is 1.52. The molecular weight excluding hydrogens is 500 g/mol. The third-order valence-electron chi connectivity index (χ3n) is 3.85. The van der Waals surface area contributed by atoms with Gasteiger partial charge < -0.3 is 9.47 Å². The molecule has 0 aliphatic rings. The maximum atomic E-state index is 12.2. The van der Waals surface area contributed by atoms with Crippen molar-refractivity contribution in [3.05, 3.63) is 74.7 Å². The number of rotatable bonds is 8. The van der Waals surface area contributed by atoms with Crippen LogP contribution in [-0.4, -0.2) is 25.0 Å². The van der Waals surface area contributed by atoms with Crippen molar-refractivity contribution in [3.8, 4) is 11.5 Å². The highest BCUT2D eigenvalue weighted by atomic mass is 35.5. The molecule has 0 spiro atoms. The number of ether oxygens (including phenoxy) is 2. The van der Waals surface area contributed by atoms with Gasteiger partial charge in [0.1, 0.15) is 11.5 Å². The van der Waals surface area contributed by atoms with E-state index in [0.29, 0.717) is 43.2 Å². The van der Waals surface area contributed by atoms with Crippen LogP contribution in [0.2, 0.25) is 20.1 Å². The van der Waals surface area contributed by atoms with Gasteiger partial charge in [0.15, 0.2) is 13.2 Å². The summed E-state index contributed by atoms with van der Waals surface area (Å²) in [6.45, 7) is -0.586. The molecule has 0 saturated heterocycles. The Kier molecular flexibility index (Phi) is 8.41. The summed E-state index contributed by atoms with van der Waals surface area (Å²) in [6.07, 6.45) is 0. The lowest BCUT2D eigenvalue weighted by atomic mass is 10.3. The first-order chi connectivity index (χ1) is 15.3. The second-order valence-electron chi connectivity index (χ2n) is 6.30.